The quantitative estimate of drug-likeness (QED) is 0.385. The Morgan fingerprint density at radius 3 is 2.34 bits per heavy atom. The van der Waals surface area contributed by atoms with Crippen LogP contribution in [0.1, 0.15) is 56.2 Å². The number of para-hydroxylation sites is 1. The molecule has 3 rings (SSSR count). The number of carbonyl (C=O) groups excluding carboxylic acids is 2. The van der Waals surface area contributed by atoms with Crippen LogP contribution >= 0.6 is 0 Å². The first-order chi connectivity index (χ1) is 16.4. The van der Waals surface area contributed by atoms with Crippen LogP contribution in [0, 0.1) is 17.0 Å². The highest BCUT2D eigenvalue weighted by Crippen LogP contribution is 2.26. The maximum atomic E-state index is 13.2. The van der Waals surface area contributed by atoms with Crippen molar-refractivity contribution < 1.29 is 14.5 Å². The third-order valence-corrected chi connectivity index (χ3v) is 5.60. The van der Waals surface area contributed by atoms with Crippen LogP contribution in [0.5, 0.6) is 0 Å². The normalized spacial score (nSPS) is 11.4. The van der Waals surface area contributed by atoms with Gasteiger partial charge < -0.3 is 10.2 Å². The number of aromatic nitrogens is 2. The Kier molecular flexibility index (Phi) is 7.38. The first kappa shape index (κ1) is 25.6. The third kappa shape index (κ3) is 5.92. The first-order valence-electron chi connectivity index (χ1n) is 11.4. The van der Waals surface area contributed by atoms with Crippen molar-refractivity contribution in [2.45, 2.75) is 53.0 Å². The minimum Gasteiger partial charge on any atom is -0.327 e. The van der Waals surface area contributed by atoms with Gasteiger partial charge in [0.1, 0.15) is 12.4 Å². The monoisotopic (exact) mass is 477 g/mol. The zero-order chi connectivity index (χ0) is 25.9. The fourth-order valence-corrected chi connectivity index (χ4v) is 3.53. The van der Waals surface area contributed by atoms with Crippen molar-refractivity contribution in [3.05, 3.63) is 81.5 Å². The SMILES string of the molecule is Cc1ccc(C(=O)N(CC(=O)Nc2cc(C(C)(C)C)nn2-c2ccccc2)C(C)C)cc1[N+](=O)[O-]. The van der Waals surface area contributed by atoms with E-state index < -0.39 is 16.7 Å². The molecule has 9 nitrogen and oxygen atoms in total. The summed E-state index contributed by atoms with van der Waals surface area (Å²) >= 11 is 0. The summed E-state index contributed by atoms with van der Waals surface area (Å²) < 4.78 is 1.67. The van der Waals surface area contributed by atoms with Gasteiger partial charge >= 0.3 is 0 Å². The lowest BCUT2D eigenvalue weighted by Gasteiger charge is -2.26. The van der Waals surface area contributed by atoms with E-state index in [2.05, 4.69) is 5.32 Å². The average Bonchev–Trinajstić information content (AvgIpc) is 3.22. The molecule has 0 saturated heterocycles. The predicted molar refractivity (Wildman–Crippen MR) is 135 cm³/mol. The van der Waals surface area contributed by atoms with Crippen LogP contribution in [-0.2, 0) is 10.2 Å². The van der Waals surface area contributed by atoms with Gasteiger partial charge in [-0.2, -0.15) is 5.10 Å². The molecule has 1 heterocycles. The van der Waals surface area contributed by atoms with E-state index in [9.17, 15) is 19.7 Å². The van der Waals surface area contributed by atoms with Crippen molar-refractivity contribution >= 4 is 23.3 Å². The molecule has 0 spiro atoms. The number of amides is 2. The van der Waals surface area contributed by atoms with E-state index in [-0.39, 0.29) is 29.3 Å². The molecule has 184 valence electrons. The molecule has 9 heteroatoms. The summed E-state index contributed by atoms with van der Waals surface area (Å²) in [6.07, 6.45) is 0. The van der Waals surface area contributed by atoms with Crippen molar-refractivity contribution in [2.24, 2.45) is 0 Å². The Bertz CT molecular complexity index is 1240. The maximum Gasteiger partial charge on any atom is 0.273 e. The largest absolute Gasteiger partial charge is 0.327 e. The number of hydrogen-bond donors (Lipinski definition) is 1. The molecule has 0 aliphatic rings. The summed E-state index contributed by atoms with van der Waals surface area (Å²) in [4.78, 5) is 38.5. The number of carbonyl (C=O) groups is 2. The van der Waals surface area contributed by atoms with Crippen LogP contribution in [0.3, 0.4) is 0 Å². The molecule has 3 aromatic rings. The Balaban J connectivity index is 1.87. The number of nitrogens with one attached hydrogen (secondary N) is 1. The molecular weight excluding hydrogens is 446 g/mol. The first-order valence-corrected chi connectivity index (χ1v) is 11.4. The molecular formula is C26H31N5O4. The van der Waals surface area contributed by atoms with Crippen molar-refractivity contribution in [1.82, 2.24) is 14.7 Å². The average molecular weight is 478 g/mol. The standard InChI is InChI=1S/C26H31N5O4/c1-17(2)29(25(33)19-13-12-18(3)21(14-19)31(34)35)16-24(32)27-23-15-22(26(4,5)6)28-30(23)20-10-8-7-9-11-20/h7-15,17H,16H2,1-6H3,(H,27,32). The lowest BCUT2D eigenvalue weighted by molar-refractivity contribution is -0.385. The molecule has 0 aliphatic heterocycles. The minimum atomic E-state index is -0.518. The van der Waals surface area contributed by atoms with Gasteiger partial charge in [0.2, 0.25) is 5.91 Å². The van der Waals surface area contributed by atoms with Crippen LogP contribution in [0.2, 0.25) is 0 Å². The van der Waals surface area contributed by atoms with Gasteiger partial charge in [-0.25, -0.2) is 4.68 Å². The summed E-state index contributed by atoms with van der Waals surface area (Å²) in [7, 11) is 0. The van der Waals surface area contributed by atoms with Gasteiger partial charge in [0.25, 0.3) is 11.6 Å². The maximum absolute atomic E-state index is 13.2. The smallest absolute Gasteiger partial charge is 0.273 e. The second kappa shape index (κ2) is 10.1. The zero-order valence-electron chi connectivity index (χ0n) is 20.9. The zero-order valence-corrected chi connectivity index (χ0v) is 20.9. The fourth-order valence-electron chi connectivity index (χ4n) is 3.53. The molecule has 0 atom stereocenters. The Labute approximate surface area is 204 Å². The third-order valence-electron chi connectivity index (χ3n) is 5.60. The number of rotatable bonds is 7. The van der Waals surface area contributed by atoms with E-state index in [1.54, 1.807) is 25.5 Å². The van der Waals surface area contributed by atoms with E-state index >= 15 is 0 Å². The highest BCUT2D eigenvalue weighted by molar-refractivity contribution is 5.99. The summed E-state index contributed by atoms with van der Waals surface area (Å²) in [5.41, 5.74) is 1.85. The summed E-state index contributed by atoms with van der Waals surface area (Å²) in [5, 5.41) is 18.9. The number of nitro groups is 1. The molecule has 2 amide bonds. The molecule has 35 heavy (non-hydrogen) atoms. The predicted octanol–water partition coefficient (Wildman–Crippen LogP) is 4.88. The van der Waals surface area contributed by atoms with E-state index in [0.717, 1.165) is 11.4 Å². The molecule has 1 aromatic heterocycles. The molecule has 0 radical (unpaired) electrons. The van der Waals surface area contributed by atoms with Gasteiger partial charge in [-0.3, -0.25) is 19.7 Å². The van der Waals surface area contributed by atoms with Gasteiger partial charge in [-0.05, 0) is 39.0 Å². The molecule has 0 saturated carbocycles. The highest BCUT2D eigenvalue weighted by atomic mass is 16.6. The second-order valence-electron chi connectivity index (χ2n) is 9.75. The number of nitrogens with zero attached hydrogens (tertiary/aromatic N) is 4. The van der Waals surface area contributed by atoms with E-state index in [4.69, 9.17) is 5.10 Å². The van der Waals surface area contributed by atoms with Gasteiger partial charge in [-0.15, -0.1) is 0 Å². The van der Waals surface area contributed by atoms with Crippen LogP contribution < -0.4 is 5.32 Å². The van der Waals surface area contributed by atoms with Gasteiger partial charge in [0.15, 0.2) is 0 Å². The summed E-state index contributed by atoms with van der Waals surface area (Å²) in [6.45, 7) is 11.1. The van der Waals surface area contributed by atoms with Crippen molar-refractivity contribution in [1.29, 1.82) is 0 Å². The number of aryl methyl sites for hydroxylation is 1. The van der Waals surface area contributed by atoms with Crippen LogP contribution in [0.15, 0.2) is 54.6 Å². The van der Waals surface area contributed by atoms with E-state index in [1.807, 2.05) is 57.2 Å². The van der Waals surface area contributed by atoms with Crippen molar-refractivity contribution in [3.63, 3.8) is 0 Å². The van der Waals surface area contributed by atoms with Gasteiger partial charge in [0.05, 0.1) is 16.3 Å². The molecule has 0 unspecified atom stereocenters. The lowest BCUT2D eigenvalue weighted by Crippen LogP contribution is -2.42. The van der Waals surface area contributed by atoms with Gasteiger partial charge in [0, 0.05) is 34.7 Å². The Hall–Kier alpha value is -4.01. The Morgan fingerprint density at radius 1 is 1.11 bits per heavy atom. The molecule has 0 fully saturated rings. The van der Waals surface area contributed by atoms with Crippen molar-refractivity contribution in [2.75, 3.05) is 11.9 Å². The second-order valence-corrected chi connectivity index (χ2v) is 9.75. The van der Waals surface area contributed by atoms with Crippen LogP contribution in [0.4, 0.5) is 11.5 Å². The molecule has 2 aromatic carbocycles. The lowest BCUT2D eigenvalue weighted by atomic mass is 9.92. The molecule has 1 N–H and O–H groups in total. The number of hydrogen-bond acceptors (Lipinski definition) is 5. The fraction of sp³-hybridized carbons (Fsp3) is 0.346. The highest BCUT2D eigenvalue weighted by Gasteiger charge is 2.26. The topological polar surface area (TPSA) is 110 Å². The van der Waals surface area contributed by atoms with Crippen molar-refractivity contribution in [3.8, 4) is 5.69 Å². The molecule has 0 bridgehead atoms. The summed E-state index contributed by atoms with van der Waals surface area (Å²) in [5.74, 6) is -0.357. The van der Waals surface area contributed by atoms with Gasteiger partial charge in [-0.1, -0.05) is 45.0 Å². The molecule has 0 aliphatic carbocycles. The van der Waals surface area contributed by atoms with Crippen LogP contribution in [-0.4, -0.2) is 44.0 Å². The van der Waals surface area contributed by atoms with E-state index in [1.165, 1.54) is 23.1 Å². The number of benzene rings is 2. The van der Waals surface area contributed by atoms with Crippen LogP contribution in [0.25, 0.3) is 5.69 Å². The minimum absolute atomic E-state index is 0.134. The Morgan fingerprint density at radius 2 is 1.77 bits per heavy atom. The number of anilines is 1. The number of nitro benzene ring substituents is 1. The van der Waals surface area contributed by atoms with E-state index in [0.29, 0.717) is 11.4 Å². The summed E-state index contributed by atoms with van der Waals surface area (Å²) in [6, 6.07) is 15.3.